The van der Waals surface area contributed by atoms with Crippen molar-refractivity contribution in [2.24, 2.45) is 0 Å². The van der Waals surface area contributed by atoms with Gasteiger partial charge < -0.3 is 29.3 Å². The first kappa shape index (κ1) is 33.3. The van der Waals surface area contributed by atoms with Gasteiger partial charge in [-0.05, 0) is 77.9 Å². The molecule has 4 rings (SSSR count). The number of rotatable bonds is 11. The fraction of sp³-hybridized carbons (Fsp3) is 0.375. The Bertz CT molecular complexity index is 1490. The van der Waals surface area contributed by atoms with Crippen LogP contribution in [0, 0.1) is 0 Å². The summed E-state index contributed by atoms with van der Waals surface area (Å²) >= 11 is 1.32. The van der Waals surface area contributed by atoms with Crippen LogP contribution in [0.3, 0.4) is 0 Å². The molecule has 1 aliphatic heterocycles. The third kappa shape index (κ3) is 10.5. The quantitative estimate of drug-likeness (QED) is 0.267. The number of pyridine rings is 1. The first-order valence-corrected chi connectivity index (χ1v) is 15.5. The van der Waals surface area contributed by atoms with Crippen LogP contribution in [0.1, 0.15) is 56.1 Å². The number of ether oxygens (including phenoxy) is 3. The second-order valence-electron chi connectivity index (χ2n) is 11.7. The minimum Gasteiger partial charge on any atom is -0.463 e. The maximum atomic E-state index is 13.4. The van der Waals surface area contributed by atoms with Gasteiger partial charge >= 0.3 is 12.1 Å². The number of carbonyl (C=O) groups excluding carboxylic acids is 3. The molecule has 13 heteroatoms. The molecule has 0 saturated heterocycles. The van der Waals surface area contributed by atoms with Gasteiger partial charge in [-0.1, -0.05) is 24.3 Å². The third-order valence-corrected chi connectivity index (χ3v) is 7.17. The van der Waals surface area contributed by atoms with Crippen molar-refractivity contribution >= 4 is 40.7 Å². The highest BCUT2D eigenvalue weighted by Crippen LogP contribution is 2.28. The monoisotopic (exact) mass is 636 g/mol. The molecule has 0 unspecified atom stereocenters. The maximum Gasteiger partial charge on any atom is 0.412 e. The first-order valence-electron chi connectivity index (χ1n) is 14.6. The summed E-state index contributed by atoms with van der Waals surface area (Å²) in [5.41, 5.74) is 2.12. The molecule has 45 heavy (non-hydrogen) atoms. The minimum atomic E-state index is -0.654. The Morgan fingerprint density at radius 2 is 1.82 bits per heavy atom. The van der Waals surface area contributed by atoms with E-state index in [0.717, 1.165) is 36.9 Å². The van der Waals surface area contributed by atoms with Crippen molar-refractivity contribution in [1.82, 2.24) is 20.1 Å². The number of nitrogens with one attached hydrogen (secondary N) is 3. The first-order chi connectivity index (χ1) is 21.5. The predicted octanol–water partition coefficient (Wildman–Crippen LogP) is 6.17. The fourth-order valence-electron chi connectivity index (χ4n) is 4.31. The van der Waals surface area contributed by atoms with Crippen molar-refractivity contribution < 1.29 is 28.6 Å². The molecular weight excluding hydrogens is 596 g/mol. The van der Waals surface area contributed by atoms with Crippen molar-refractivity contribution in [1.29, 1.82) is 0 Å². The lowest BCUT2D eigenvalue weighted by Gasteiger charge is -2.26. The number of thiophene rings is 1. The normalized spacial score (nSPS) is 14.3. The summed E-state index contributed by atoms with van der Waals surface area (Å²) in [6, 6.07) is 3.00. The molecule has 1 aliphatic carbocycles. The lowest BCUT2D eigenvalue weighted by atomic mass is 10.0. The lowest BCUT2D eigenvalue weighted by Crippen LogP contribution is -2.41. The molecule has 0 saturated carbocycles. The van der Waals surface area contributed by atoms with Gasteiger partial charge in [-0.3, -0.25) is 20.4 Å². The lowest BCUT2D eigenvalue weighted by molar-refractivity contribution is 0.0635. The van der Waals surface area contributed by atoms with Gasteiger partial charge in [0.15, 0.2) is 12.0 Å². The molecule has 0 bridgehead atoms. The summed E-state index contributed by atoms with van der Waals surface area (Å²) in [7, 11) is 3.96. The van der Waals surface area contributed by atoms with E-state index in [1.54, 1.807) is 54.8 Å². The number of anilines is 2. The number of hydrogen-bond donors (Lipinski definition) is 3. The summed E-state index contributed by atoms with van der Waals surface area (Å²) in [6.07, 6.45) is 12.3. The SMILES string of the molecule is CN(C)CCCN(Cc1ccc(C(=O)Nc2cscc2NC(=O)OC(C)(C)C)nc1)C(=O)NC1=COC=C(C2=CC=CCC2)O1. The standard InChI is InChI=1S/C32H40N6O6S/c1-32(2,3)44-31(41)35-26-21-45-20-25(26)34-29(39)24-13-12-22(16-33-24)17-38(15-9-14-37(4)5)30(40)36-28-19-42-18-27(43-28)23-10-7-6-8-11-23/h6-7,10,12-13,16,18-21H,8-9,11,14-15,17H2,1-5H3,(H,34,39)(H,35,41)(H,36,40). The molecule has 0 spiro atoms. The van der Waals surface area contributed by atoms with Gasteiger partial charge in [-0.2, -0.15) is 0 Å². The van der Waals surface area contributed by atoms with Crippen molar-refractivity contribution in [3.63, 3.8) is 0 Å². The van der Waals surface area contributed by atoms with E-state index >= 15 is 0 Å². The zero-order valence-corrected chi connectivity index (χ0v) is 27.0. The summed E-state index contributed by atoms with van der Waals surface area (Å²) < 4.78 is 16.7. The van der Waals surface area contributed by atoms with Gasteiger partial charge in [0.05, 0.1) is 11.4 Å². The van der Waals surface area contributed by atoms with Crippen LogP contribution in [0.2, 0.25) is 0 Å². The second kappa shape index (κ2) is 15.4. The van der Waals surface area contributed by atoms with Crippen LogP contribution in [0.15, 0.2) is 77.1 Å². The maximum absolute atomic E-state index is 13.4. The molecule has 0 atom stereocenters. The van der Waals surface area contributed by atoms with Crippen LogP contribution in [0.5, 0.6) is 0 Å². The van der Waals surface area contributed by atoms with Crippen LogP contribution in [-0.2, 0) is 20.8 Å². The molecule has 3 N–H and O–H groups in total. The van der Waals surface area contributed by atoms with Crippen molar-refractivity contribution in [3.8, 4) is 0 Å². The van der Waals surface area contributed by atoms with Gasteiger partial charge in [0.25, 0.3) is 5.91 Å². The highest BCUT2D eigenvalue weighted by atomic mass is 32.1. The molecular formula is C32H40N6O6S. The Hall–Kier alpha value is -4.62. The van der Waals surface area contributed by atoms with Crippen LogP contribution in [0.4, 0.5) is 21.0 Å². The van der Waals surface area contributed by atoms with Gasteiger partial charge in [0.2, 0.25) is 5.88 Å². The van der Waals surface area contributed by atoms with Gasteiger partial charge in [-0.25, -0.2) is 9.59 Å². The summed E-state index contributed by atoms with van der Waals surface area (Å²) in [5, 5.41) is 11.7. The molecule has 2 aromatic heterocycles. The van der Waals surface area contributed by atoms with E-state index in [1.807, 2.05) is 26.2 Å². The second-order valence-corrected chi connectivity index (χ2v) is 12.4. The van der Waals surface area contributed by atoms with Crippen LogP contribution in [0.25, 0.3) is 0 Å². The molecule has 2 aromatic rings. The van der Waals surface area contributed by atoms with E-state index in [2.05, 4.69) is 31.9 Å². The smallest absolute Gasteiger partial charge is 0.412 e. The Kier molecular flexibility index (Phi) is 11.4. The number of nitrogens with zero attached hydrogens (tertiary/aromatic N) is 3. The van der Waals surface area contributed by atoms with Crippen molar-refractivity contribution in [2.45, 2.75) is 52.2 Å². The summed E-state index contributed by atoms with van der Waals surface area (Å²) in [4.78, 5) is 46.6. The summed E-state index contributed by atoms with van der Waals surface area (Å²) in [6.45, 7) is 6.84. The van der Waals surface area contributed by atoms with Crippen LogP contribution >= 0.6 is 11.3 Å². The van der Waals surface area contributed by atoms with Crippen LogP contribution in [-0.4, -0.2) is 65.6 Å². The average Bonchev–Trinajstić information content (AvgIpc) is 3.42. The van der Waals surface area contributed by atoms with E-state index in [0.29, 0.717) is 23.7 Å². The molecule has 12 nitrogen and oxygen atoms in total. The van der Waals surface area contributed by atoms with E-state index in [1.165, 1.54) is 23.9 Å². The molecule has 0 aromatic carbocycles. The van der Waals surface area contributed by atoms with Gasteiger partial charge in [0, 0.05) is 30.0 Å². The Morgan fingerprint density at radius 1 is 1.04 bits per heavy atom. The van der Waals surface area contributed by atoms with E-state index in [4.69, 9.17) is 14.2 Å². The highest BCUT2D eigenvalue weighted by molar-refractivity contribution is 7.09. The minimum absolute atomic E-state index is 0.181. The van der Waals surface area contributed by atoms with Crippen LogP contribution < -0.4 is 16.0 Å². The molecule has 4 amide bonds. The molecule has 0 fully saturated rings. The average molecular weight is 637 g/mol. The number of urea groups is 1. The number of allylic oxidation sites excluding steroid dienone is 4. The number of carbonyl (C=O) groups is 3. The topological polar surface area (TPSA) is 134 Å². The van der Waals surface area contributed by atoms with Crippen molar-refractivity contribution in [2.75, 3.05) is 37.8 Å². The number of aromatic nitrogens is 1. The third-order valence-electron chi connectivity index (χ3n) is 6.43. The Balaban J connectivity index is 1.37. The Morgan fingerprint density at radius 3 is 2.49 bits per heavy atom. The van der Waals surface area contributed by atoms with Gasteiger partial charge in [0.1, 0.15) is 17.6 Å². The molecule has 2 aliphatic rings. The zero-order chi connectivity index (χ0) is 32.4. The van der Waals surface area contributed by atoms with E-state index < -0.39 is 17.6 Å². The molecule has 240 valence electrons. The molecule has 3 heterocycles. The Labute approximate surface area is 267 Å². The van der Waals surface area contributed by atoms with E-state index in [9.17, 15) is 14.4 Å². The molecule has 0 radical (unpaired) electrons. The summed E-state index contributed by atoms with van der Waals surface area (Å²) in [5.74, 6) is 0.316. The van der Waals surface area contributed by atoms with E-state index in [-0.39, 0.29) is 24.2 Å². The zero-order valence-electron chi connectivity index (χ0n) is 26.2. The number of amides is 4. The predicted molar refractivity (Wildman–Crippen MR) is 173 cm³/mol. The largest absolute Gasteiger partial charge is 0.463 e. The highest BCUT2D eigenvalue weighted by Gasteiger charge is 2.22. The number of hydrogen-bond acceptors (Lipinski definition) is 9. The van der Waals surface area contributed by atoms with Gasteiger partial charge in [-0.15, -0.1) is 11.3 Å². The fourth-order valence-corrected chi connectivity index (χ4v) is 5.02. The van der Waals surface area contributed by atoms with Crippen molar-refractivity contribution in [3.05, 3.63) is 88.3 Å².